The number of esters is 1. The Morgan fingerprint density at radius 2 is 1.92 bits per heavy atom. The third-order valence-corrected chi connectivity index (χ3v) is 2.81. The second-order valence-corrected chi connectivity index (χ2v) is 3.72. The van der Waals surface area contributed by atoms with Crippen LogP contribution in [0.15, 0.2) is 0 Å². The van der Waals surface area contributed by atoms with Crippen LogP contribution in [0.25, 0.3) is 0 Å². The lowest BCUT2D eigenvalue weighted by atomic mass is 9.92. The quantitative estimate of drug-likeness (QED) is 0.400. The van der Waals surface area contributed by atoms with Crippen molar-refractivity contribution in [2.24, 2.45) is 11.8 Å². The minimum Gasteiger partial charge on any atom is -0.468 e. The highest BCUT2D eigenvalue weighted by Crippen LogP contribution is 2.33. The van der Waals surface area contributed by atoms with Crippen molar-refractivity contribution >= 4 is 22.8 Å². The van der Waals surface area contributed by atoms with Gasteiger partial charge in [0.2, 0.25) is 5.24 Å². The molecular weight excluding hydrogens is 192 g/mol. The van der Waals surface area contributed by atoms with Gasteiger partial charge in [0.15, 0.2) is 0 Å². The number of hydrogen-bond donors (Lipinski definition) is 0. The van der Waals surface area contributed by atoms with E-state index in [1.165, 1.54) is 7.11 Å². The predicted molar refractivity (Wildman–Crippen MR) is 48.3 cm³/mol. The Hall–Kier alpha value is -0.570. The minimum atomic E-state index is -0.742. The van der Waals surface area contributed by atoms with E-state index in [1.807, 2.05) is 0 Å². The average molecular weight is 205 g/mol. The highest BCUT2D eigenvalue weighted by molar-refractivity contribution is 6.65. The smallest absolute Gasteiger partial charge is 0.317 e. The Morgan fingerprint density at radius 3 is 2.31 bits per heavy atom. The molecule has 1 fully saturated rings. The number of ether oxygens (including phenoxy) is 1. The van der Waals surface area contributed by atoms with Gasteiger partial charge in [-0.1, -0.05) is 12.8 Å². The minimum absolute atomic E-state index is 0.0949. The van der Waals surface area contributed by atoms with Crippen LogP contribution in [-0.4, -0.2) is 18.3 Å². The van der Waals surface area contributed by atoms with Gasteiger partial charge in [-0.25, -0.2) is 0 Å². The summed E-state index contributed by atoms with van der Waals surface area (Å²) in [5, 5.41) is -0.584. The molecule has 0 spiro atoms. The molecule has 4 heteroatoms. The second kappa shape index (κ2) is 4.61. The van der Waals surface area contributed by atoms with Crippen LogP contribution < -0.4 is 0 Å². The molecule has 1 rings (SSSR count). The Kier molecular flexibility index (Phi) is 3.72. The standard InChI is InChI=1S/C9H13ClO3/c1-13-9(12)7(8(10)11)6-4-2-3-5-6/h6-7H,2-5H2,1H3. The van der Waals surface area contributed by atoms with E-state index in [0.29, 0.717) is 0 Å². The van der Waals surface area contributed by atoms with Gasteiger partial charge < -0.3 is 4.74 Å². The summed E-state index contributed by atoms with van der Waals surface area (Å²) in [4.78, 5) is 22.2. The molecule has 13 heavy (non-hydrogen) atoms. The van der Waals surface area contributed by atoms with Crippen molar-refractivity contribution in [2.45, 2.75) is 25.7 Å². The molecule has 0 aromatic carbocycles. The molecule has 1 saturated carbocycles. The van der Waals surface area contributed by atoms with Crippen LogP contribution in [0.3, 0.4) is 0 Å². The fraction of sp³-hybridized carbons (Fsp3) is 0.778. The SMILES string of the molecule is COC(=O)C(C(=O)Cl)C1CCCC1. The van der Waals surface area contributed by atoms with Gasteiger partial charge in [-0.05, 0) is 30.4 Å². The van der Waals surface area contributed by atoms with Crippen molar-refractivity contribution < 1.29 is 14.3 Å². The molecule has 3 nitrogen and oxygen atoms in total. The third kappa shape index (κ3) is 2.44. The fourth-order valence-corrected chi connectivity index (χ4v) is 2.16. The first kappa shape index (κ1) is 10.5. The van der Waals surface area contributed by atoms with Crippen molar-refractivity contribution in [1.82, 2.24) is 0 Å². The van der Waals surface area contributed by atoms with Crippen LogP contribution in [0.2, 0.25) is 0 Å². The van der Waals surface area contributed by atoms with E-state index in [0.717, 1.165) is 25.7 Å². The molecule has 1 aliphatic carbocycles. The molecule has 0 aromatic heterocycles. The summed E-state index contributed by atoms with van der Waals surface area (Å²) in [5.74, 6) is -1.14. The monoisotopic (exact) mass is 204 g/mol. The fourth-order valence-electron chi connectivity index (χ4n) is 1.89. The van der Waals surface area contributed by atoms with E-state index < -0.39 is 17.1 Å². The summed E-state index contributed by atoms with van der Waals surface area (Å²) in [6.45, 7) is 0. The van der Waals surface area contributed by atoms with Gasteiger partial charge in [-0.2, -0.15) is 0 Å². The molecule has 1 atom stereocenters. The number of hydrogen-bond acceptors (Lipinski definition) is 3. The molecule has 1 unspecified atom stereocenters. The van der Waals surface area contributed by atoms with Crippen LogP contribution in [0, 0.1) is 11.8 Å². The van der Waals surface area contributed by atoms with Gasteiger partial charge in [-0.15, -0.1) is 0 Å². The molecule has 0 bridgehead atoms. The van der Waals surface area contributed by atoms with Gasteiger partial charge in [0.1, 0.15) is 5.92 Å². The Balaban J connectivity index is 2.66. The maximum atomic E-state index is 11.2. The highest BCUT2D eigenvalue weighted by Gasteiger charge is 2.36. The predicted octanol–water partition coefficient (Wildman–Crippen LogP) is 1.73. The molecule has 0 aromatic rings. The zero-order valence-corrected chi connectivity index (χ0v) is 8.34. The molecule has 0 amide bonds. The van der Waals surface area contributed by atoms with Gasteiger partial charge in [0.05, 0.1) is 7.11 Å². The summed E-state index contributed by atoms with van der Waals surface area (Å²) in [7, 11) is 1.28. The van der Waals surface area contributed by atoms with Crippen molar-refractivity contribution in [3.63, 3.8) is 0 Å². The van der Waals surface area contributed by atoms with Crippen molar-refractivity contribution in [1.29, 1.82) is 0 Å². The maximum Gasteiger partial charge on any atom is 0.317 e. The van der Waals surface area contributed by atoms with Crippen LogP contribution in [0.5, 0.6) is 0 Å². The highest BCUT2D eigenvalue weighted by atomic mass is 35.5. The van der Waals surface area contributed by atoms with Gasteiger partial charge >= 0.3 is 5.97 Å². The number of carbonyl (C=O) groups excluding carboxylic acids is 2. The largest absolute Gasteiger partial charge is 0.468 e. The number of carbonyl (C=O) groups is 2. The first-order chi connectivity index (χ1) is 6.16. The molecule has 0 saturated heterocycles. The molecule has 1 aliphatic rings. The van der Waals surface area contributed by atoms with Crippen LogP contribution in [0.1, 0.15) is 25.7 Å². The van der Waals surface area contributed by atoms with Gasteiger partial charge in [0.25, 0.3) is 0 Å². The summed E-state index contributed by atoms with van der Waals surface area (Å²) in [6, 6.07) is 0. The Morgan fingerprint density at radius 1 is 1.38 bits per heavy atom. The van der Waals surface area contributed by atoms with Gasteiger partial charge in [-0.3, -0.25) is 9.59 Å². The first-order valence-electron chi connectivity index (χ1n) is 4.44. The summed E-state index contributed by atoms with van der Waals surface area (Å²) in [6.07, 6.45) is 3.95. The summed E-state index contributed by atoms with van der Waals surface area (Å²) in [5.41, 5.74) is 0. The summed E-state index contributed by atoms with van der Waals surface area (Å²) < 4.78 is 4.54. The molecule has 0 N–H and O–H groups in total. The number of rotatable bonds is 3. The van der Waals surface area contributed by atoms with Crippen molar-refractivity contribution in [2.75, 3.05) is 7.11 Å². The second-order valence-electron chi connectivity index (χ2n) is 3.35. The average Bonchev–Trinajstić information content (AvgIpc) is 2.56. The van der Waals surface area contributed by atoms with E-state index in [2.05, 4.69) is 4.74 Å². The summed E-state index contributed by atoms with van der Waals surface area (Å²) >= 11 is 5.36. The van der Waals surface area contributed by atoms with Crippen LogP contribution >= 0.6 is 11.6 Å². The molecule has 0 radical (unpaired) electrons. The topological polar surface area (TPSA) is 43.4 Å². The Bertz CT molecular complexity index is 209. The van der Waals surface area contributed by atoms with Crippen molar-refractivity contribution in [3.8, 4) is 0 Å². The van der Waals surface area contributed by atoms with Gasteiger partial charge in [0, 0.05) is 0 Å². The molecular formula is C9H13ClO3. The normalized spacial score (nSPS) is 19.8. The van der Waals surface area contributed by atoms with E-state index in [9.17, 15) is 9.59 Å². The van der Waals surface area contributed by atoms with E-state index in [-0.39, 0.29) is 5.92 Å². The Labute approximate surface area is 82.4 Å². The zero-order chi connectivity index (χ0) is 9.84. The maximum absolute atomic E-state index is 11.2. The van der Waals surface area contributed by atoms with E-state index in [4.69, 9.17) is 11.6 Å². The lowest BCUT2D eigenvalue weighted by Gasteiger charge is -2.16. The number of halogens is 1. The number of methoxy groups -OCH3 is 1. The van der Waals surface area contributed by atoms with E-state index >= 15 is 0 Å². The molecule has 0 aliphatic heterocycles. The molecule has 0 heterocycles. The zero-order valence-electron chi connectivity index (χ0n) is 7.59. The first-order valence-corrected chi connectivity index (χ1v) is 4.81. The van der Waals surface area contributed by atoms with Crippen LogP contribution in [-0.2, 0) is 14.3 Å². The molecule has 74 valence electrons. The lowest BCUT2D eigenvalue weighted by Crippen LogP contribution is -2.28. The third-order valence-electron chi connectivity index (χ3n) is 2.57. The lowest BCUT2D eigenvalue weighted by molar-refractivity contribution is -0.149. The van der Waals surface area contributed by atoms with Crippen LogP contribution in [0.4, 0.5) is 0 Å². The van der Waals surface area contributed by atoms with E-state index in [1.54, 1.807) is 0 Å². The van der Waals surface area contributed by atoms with Crippen molar-refractivity contribution in [3.05, 3.63) is 0 Å².